The SMILES string of the molecule is O=C(CCc1ncc(-c2ccccc2Cl)o1)NC1CCN(Cc2ccccc2)C1. The number of oxazole rings is 1. The molecule has 1 unspecified atom stereocenters. The second-order valence-corrected chi connectivity index (χ2v) is 7.78. The zero-order valence-electron chi connectivity index (χ0n) is 16.2. The first-order valence-corrected chi connectivity index (χ1v) is 10.3. The van der Waals surface area contributed by atoms with Crippen molar-refractivity contribution in [1.82, 2.24) is 15.2 Å². The van der Waals surface area contributed by atoms with Crippen LogP contribution >= 0.6 is 11.6 Å². The molecule has 1 fully saturated rings. The fraction of sp³-hybridized carbons (Fsp3) is 0.304. The van der Waals surface area contributed by atoms with Crippen LogP contribution in [0.4, 0.5) is 0 Å². The average Bonchev–Trinajstić information content (AvgIpc) is 3.37. The normalized spacial score (nSPS) is 16.8. The highest BCUT2D eigenvalue weighted by atomic mass is 35.5. The zero-order valence-corrected chi connectivity index (χ0v) is 16.9. The molecule has 29 heavy (non-hydrogen) atoms. The number of likely N-dealkylation sites (tertiary alicyclic amines) is 1. The monoisotopic (exact) mass is 409 g/mol. The van der Waals surface area contributed by atoms with Crippen molar-refractivity contribution < 1.29 is 9.21 Å². The summed E-state index contributed by atoms with van der Waals surface area (Å²) < 4.78 is 5.77. The number of hydrogen-bond acceptors (Lipinski definition) is 4. The van der Waals surface area contributed by atoms with Gasteiger partial charge in [0.2, 0.25) is 5.91 Å². The second-order valence-electron chi connectivity index (χ2n) is 7.37. The van der Waals surface area contributed by atoms with E-state index in [-0.39, 0.29) is 11.9 Å². The van der Waals surface area contributed by atoms with Crippen molar-refractivity contribution in [1.29, 1.82) is 0 Å². The van der Waals surface area contributed by atoms with E-state index in [1.165, 1.54) is 5.56 Å². The van der Waals surface area contributed by atoms with E-state index in [4.69, 9.17) is 16.0 Å². The van der Waals surface area contributed by atoms with Crippen molar-refractivity contribution >= 4 is 17.5 Å². The second kappa shape index (κ2) is 9.25. The average molecular weight is 410 g/mol. The molecule has 1 aliphatic heterocycles. The third-order valence-corrected chi connectivity index (χ3v) is 5.47. The maximum Gasteiger partial charge on any atom is 0.220 e. The van der Waals surface area contributed by atoms with E-state index in [0.717, 1.165) is 31.6 Å². The summed E-state index contributed by atoms with van der Waals surface area (Å²) in [5.41, 5.74) is 2.11. The van der Waals surface area contributed by atoms with Gasteiger partial charge in [0, 0.05) is 44.1 Å². The maximum atomic E-state index is 12.3. The number of benzene rings is 2. The van der Waals surface area contributed by atoms with E-state index in [0.29, 0.717) is 29.5 Å². The Morgan fingerprint density at radius 2 is 1.97 bits per heavy atom. The summed E-state index contributed by atoms with van der Waals surface area (Å²) in [4.78, 5) is 19.0. The fourth-order valence-electron chi connectivity index (χ4n) is 3.67. The van der Waals surface area contributed by atoms with Gasteiger partial charge in [-0.15, -0.1) is 0 Å². The highest BCUT2D eigenvalue weighted by Crippen LogP contribution is 2.28. The number of carbonyl (C=O) groups excluding carboxylic acids is 1. The van der Waals surface area contributed by atoms with E-state index in [1.54, 1.807) is 6.20 Å². The van der Waals surface area contributed by atoms with Crippen molar-refractivity contribution in [3.63, 3.8) is 0 Å². The number of hydrogen-bond donors (Lipinski definition) is 1. The summed E-state index contributed by atoms with van der Waals surface area (Å²) in [5, 5.41) is 3.76. The summed E-state index contributed by atoms with van der Waals surface area (Å²) in [6, 6.07) is 18.1. The molecule has 0 saturated carbocycles. The van der Waals surface area contributed by atoms with Crippen LogP contribution in [0.25, 0.3) is 11.3 Å². The van der Waals surface area contributed by atoms with Gasteiger partial charge in [0.1, 0.15) is 0 Å². The van der Waals surface area contributed by atoms with Gasteiger partial charge < -0.3 is 9.73 Å². The molecule has 5 nitrogen and oxygen atoms in total. The van der Waals surface area contributed by atoms with Crippen LogP contribution in [0.1, 0.15) is 24.3 Å². The summed E-state index contributed by atoms with van der Waals surface area (Å²) in [7, 11) is 0. The topological polar surface area (TPSA) is 58.4 Å². The zero-order chi connectivity index (χ0) is 20.1. The predicted molar refractivity (Wildman–Crippen MR) is 114 cm³/mol. The Labute approximate surface area is 175 Å². The van der Waals surface area contributed by atoms with Crippen LogP contribution in [-0.2, 0) is 17.8 Å². The van der Waals surface area contributed by atoms with Crippen LogP contribution in [0.3, 0.4) is 0 Å². The van der Waals surface area contributed by atoms with Crippen molar-refractivity contribution in [2.75, 3.05) is 13.1 Å². The van der Waals surface area contributed by atoms with Crippen molar-refractivity contribution in [3.8, 4) is 11.3 Å². The molecule has 0 spiro atoms. The quantitative estimate of drug-likeness (QED) is 0.631. The third-order valence-electron chi connectivity index (χ3n) is 5.15. The van der Waals surface area contributed by atoms with E-state index < -0.39 is 0 Å². The molecule has 1 aliphatic rings. The van der Waals surface area contributed by atoms with Crippen LogP contribution in [0.15, 0.2) is 65.2 Å². The molecule has 4 rings (SSSR count). The van der Waals surface area contributed by atoms with Crippen LogP contribution in [0.5, 0.6) is 0 Å². The molecule has 1 amide bonds. The number of amides is 1. The molecule has 1 N–H and O–H groups in total. The highest BCUT2D eigenvalue weighted by Gasteiger charge is 2.23. The summed E-state index contributed by atoms with van der Waals surface area (Å²) in [6.07, 6.45) is 3.47. The first-order chi connectivity index (χ1) is 14.2. The highest BCUT2D eigenvalue weighted by molar-refractivity contribution is 6.33. The Balaban J connectivity index is 1.23. The Bertz CT molecular complexity index is 958. The summed E-state index contributed by atoms with van der Waals surface area (Å²) in [5.74, 6) is 1.21. The fourth-order valence-corrected chi connectivity index (χ4v) is 3.90. The van der Waals surface area contributed by atoms with Gasteiger partial charge in [0.25, 0.3) is 0 Å². The molecule has 1 saturated heterocycles. The maximum absolute atomic E-state index is 12.3. The van der Waals surface area contributed by atoms with Crippen LogP contribution in [-0.4, -0.2) is 34.9 Å². The Morgan fingerprint density at radius 1 is 1.17 bits per heavy atom. The third kappa shape index (κ3) is 5.25. The first-order valence-electron chi connectivity index (χ1n) is 9.92. The largest absolute Gasteiger partial charge is 0.441 e. The minimum Gasteiger partial charge on any atom is -0.441 e. The molecule has 3 aromatic rings. The Kier molecular flexibility index (Phi) is 6.27. The molecule has 2 aromatic carbocycles. The lowest BCUT2D eigenvalue weighted by Crippen LogP contribution is -2.37. The molecule has 6 heteroatoms. The van der Waals surface area contributed by atoms with Crippen molar-refractivity contribution in [3.05, 3.63) is 77.3 Å². The predicted octanol–water partition coefficient (Wildman–Crippen LogP) is 4.32. The van der Waals surface area contributed by atoms with Gasteiger partial charge >= 0.3 is 0 Å². The van der Waals surface area contributed by atoms with Gasteiger partial charge in [-0.2, -0.15) is 0 Å². The van der Waals surface area contributed by atoms with Crippen molar-refractivity contribution in [2.45, 2.75) is 31.8 Å². The Morgan fingerprint density at radius 3 is 2.79 bits per heavy atom. The number of nitrogens with one attached hydrogen (secondary N) is 1. The van der Waals surface area contributed by atoms with E-state index in [1.807, 2.05) is 30.3 Å². The molecule has 0 aliphatic carbocycles. The molecule has 2 heterocycles. The molecule has 1 atom stereocenters. The number of carbonyl (C=O) groups is 1. The number of rotatable bonds is 7. The lowest BCUT2D eigenvalue weighted by Gasteiger charge is -2.16. The number of nitrogens with zero attached hydrogens (tertiary/aromatic N) is 2. The Hall–Kier alpha value is -2.63. The van der Waals surface area contributed by atoms with Crippen molar-refractivity contribution in [2.24, 2.45) is 0 Å². The molecular weight excluding hydrogens is 386 g/mol. The molecule has 0 bridgehead atoms. The minimum atomic E-state index is 0.0362. The van der Waals surface area contributed by atoms with Gasteiger partial charge in [0.05, 0.1) is 11.2 Å². The van der Waals surface area contributed by atoms with Gasteiger partial charge in [-0.3, -0.25) is 9.69 Å². The number of aryl methyl sites for hydroxylation is 1. The number of halogens is 1. The lowest BCUT2D eigenvalue weighted by atomic mass is 10.2. The van der Waals surface area contributed by atoms with E-state index in [2.05, 4.69) is 39.5 Å². The molecule has 0 radical (unpaired) electrons. The van der Waals surface area contributed by atoms with Crippen LogP contribution in [0, 0.1) is 0 Å². The summed E-state index contributed by atoms with van der Waals surface area (Å²) in [6.45, 7) is 2.81. The van der Waals surface area contributed by atoms with Gasteiger partial charge in [-0.1, -0.05) is 54.1 Å². The first kappa shape index (κ1) is 19.7. The molecular formula is C23H24ClN3O2. The van der Waals surface area contributed by atoms with Gasteiger partial charge in [-0.05, 0) is 24.1 Å². The molecule has 1 aromatic heterocycles. The number of aromatic nitrogens is 1. The van der Waals surface area contributed by atoms with Gasteiger partial charge in [-0.25, -0.2) is 4.98 Å². The van der Waals surface area contributed by atoms with Crippen LogP contribution in [0.2, 0.25) is 5.02 Å². The minimum absolute atomic E-state index is 0.0362. The smallest absolute Gasteiger partial charge is 0.220 e. The van der Waals surface area contributed by atoms with Gasteiger partial charge in [0.15, 0.2) is 11.7 Å². The standard InChI is InChI=1S/C23H24ClN3O2/c24-20-9-5-4-8-19(20)21-14-25-23(29-21)11-10-22(28)26-18-12-13-27(16-18)15-17-6-2-1-3-7-17/h1-9,14,18H,10-13,15-16H2,(H,26,28). The van der Waals surface area contributed by atoms with Crippen LogP contribution < -0.4 is 5.32 Å². The van der Waals surface area contributed by atoms with E-state index >= 15 is 0 Å². The lowest BCUT2D eigenvalue weighted by molar-refractivity contribution is -0.121. The van der Waals surface area contributed by atoms with E-state index in [9.17, 15) is 4.79 Å². The summed E-state index contributed by atoms with van der Waals surface area (Å²) >= 11 is 6.20. The molecule has 150 valence electrons.